The monoisotopic (exact) mass is 212 g/mol. The highest BCUT2D eigenvalue weighted by Crippen LogP contribution is 2.00. The summed E-state index contributed by atoms with van der Waals surface area (Å²) in [4.78, 5) is 41.8. The smallest absolute Gasteiger partial charge is 0.185 e. The van der Waals surface area contributed by atoms with Crippen LogP contribution in [0, 0.1) is 0 Å². The minimum absolute atomic E-state index is 0.0492. The van der Waals surface area contributed by atoms with Crippen LogP contribution in [0.25, 0.3) is 0 Å². The van der Waals surface area contributed by atoms with Gasteiger partial charge in [0.15, 0.2) is 11.6 Å². The Labute approximate surface area is 85.2 Å². The summed E-state index contributed by atoms with van der Waals surface area (Å²) < 4.78 is 0. The van der Waals surface area contributed by atoms with E-state index >= 15 is 0 Å². The minimum atomic E-state index is -1.97. The van der Waals surface area contributed by atoms with Crippen LogP contribution in [0.2, 0.25) is 0 Å². The molecule has 0 saturated heterocycles. The highest BCUT2D eigenvalue weighted by Gasteiger charge is 2.09. The molecule has 0 N–H and O–H groups in total. The molecule has 6 heteroatoms. The summed E-state index contributed by atoms with van der Waals surface area (Å²) in [6, 6.07) is 0. The van der Waals surface area contributed by atoms with Crippen molar-refractivity contribution in [2.45, 2.75) is 19.8 Å². The van der Waals surface area contributed by atoms with Crippen molar-refractivity contribution in [1.82, 2.24) is 0 Å². The van der Waals surface area contributed by atoms with E-state index in [0.717, 1.165) is 0 Å². The molecule has 0 fully saturated rings. The highest BCUT2D eigenvalue weighted by molar-refractivity contribution is 6.36. The first-order valence-corrected chi connectivity index (χ1v) is 4.07. The molecule has 0 unspecified atom stereocenters. The van der Waals surface area contributed by atoms with E-state index in [0.29, 0.717) is 6.08 Å². The van der Waals surface area contributed by atoms with Crippen molar-refractivity contribution in [3.05, 3.63) is 11.6 Å². The van der Waals surface area contributed by atoms with E-state index in [1.165, 1.54) is 6.92 Å². The number of carbonyl (C=O) groups is 4. The molecule has 0 bridgehead atoms. The third-order valence-electron chi connectivity index (χ3n) is 1.54. The molecule has 0 heterocycles. The van der Waals surface area contributed by atoms with Gasteiger partial charge in [0.1, 0.15) is 5.97 Å². The van der Waals surface area contributed by atoms with Crippen LogP contribution >= 0.6 is 0 Å². The molecule has 0 saturated carbocycles. The van der Waals surface area contributed by atoms with Gasteiger partial charge in [0, 0.05) is 0 Å². The number of rotatable bonds is 6. The van der Waals surface area contributed by atoms with Crippen LogP contribution in [0.3, 0.4) is 0 Å². The summed E-state index contributed by atoms with van der Waals surface area (Å²) >= 11 is 0. The van der Waals surface area contributed by atoms with Crippen molar-refractivity contribution in [3.8, 4) is 0 Å². The fourth-order valence-electron chi connectivity index (χ4n) is 0.781. The Morgan fingerprint density at radius 2 is 1.60 bits per heavy atom. The van der Waals surface area contributed by atoms with Crippen molar-refractivity contribution in [1.29, 1.82) is 0 Å². The van der Waals surface area contributed by atoms with E-state index in [1.807, 2.05) is 0 Å². The molecule has 0 aliphatic heterocycles. The lowest BCUT2D eigenvalue weighted by Gasteiger charge is -2.04. The van der Waals surface area contributed by atoms with Crippen LogP contribution in [0.1, 0.15) is 19.8 Å². The van der Waals surface area contributed by atoms with Crippen LogP contribution in [0.5, 0.6) is 0 Å². The zero-order chi connectivity index (χ0) is 12.0. The Morgan fingerprint density at radius 1 is 1.07 bits per heavy atom. The van der Waals surface area contributed by atoms with Gasteiger partial charge in [-0.3, -0.25) is 9.59 Å². The van der Waals surface area contributed by atoms with Gasteiger partial charge in [0.25, 0.3) is 0 Å². The predicted molar refractivity (Wildman–Crippen MR) is 43.0 cm³/mol. The summed E-state index contributed by atoms with van der Waals surface area (Å²) in [6.07, 6.45) is -0.164. The summed E-state index contributed by atoms with van der Waals surface area (Å²) in [6.45, 7) is 1.48. The van der Waals surface area contributed by atoms with E-state index in [4.69, 9.17) is 0 Å². The zero-order valence-electron chi connectivity index (χ0n) is 7.94. The Bertz CT molecular complexity index is 339. The molecule has 6 nitrogen and oxygen atoms in total. The molecule has 0 aromatic carbocycles. The Kier molecular flexibility index (Phi) is 4.94. The predicted octanol–water partition coefficient (Wildman–Crippen LogP) is -2.65. The first-order valence-electron chi connectivity index (χ1n) is 4.07. The first-order chi connectivity index (χ1) is 6.88. The molecule has 0 aliphatic carbocycles. The fourth-order valence-corrected chi connectivity index (χ4v) is 0.781. The van der Waals surface area contributed by atoms with Gasteiger partial charge < -0.3 is 19.8 Å². The van der Waals surface area contributed by atoms with E-state index in [9.17, 15) is 29.4 Å². The number of ketones is 2. The average Bonchev–Trinajstić information content (AvgIpc) is 2.13. The van der Waals surface area contributed by atoms with Crippen molar-refractivity contribution in [2.75, 3.05) is 0 Å². The Balaban J connectivity index is 4.54. The van der Waals surface area contributed by atoms with E-state index in [-0.39, 0.29) is 12.0 Å². The molecule has 0 radical (unpaired) electrons. The van der Waals surface area contributed by atoms with Gasteiger partial charge in [0.05, 0.1) is 12.4 Å². The summed E-state index contributed by atoms with van der Waals surface area (Å²) in [5, 5.41) is 20.3. The maximum absolute atomic E-state index is 11.0. The van der Waals surface area contributed by atoms with Gasteiger partial charge in [-0.25, -0.2) is 0 Å². The molecule has 0 aliphatic rings. The second-order valence-electron chi connectivity index (χ2n) is 2.66. The molecule has 0 aromatic rings. The Hall–Kier alpha value is -1.98. The number of allylic oxidation sites excluding steroid dienone is 1. The average molecular weight is 212 g/mol. The van der Waals surface area contributed by atoms with E-state index in [2.05, 4.69) is 0 Å². The summed E-state index contributed by atoms with van der Waals surface area (Å²) in [5.74, 6) is -5.77. The molecular weight excluding hydrogens is 204 g/mol. The van der Waals surface area contributed by atoms with Gasteiger partial charge in [0.2, 0.25) is 0 Å². The molecule has 82 valence electrons. The van der Waals surface area contributed by atoms with E-state index in [1.54, 1.807) is 0 Å². The fraction of sp³-hybridized carbons (Fsp3) is 0.333. The highest BCUT2D eigenvalue weighted by atomic mass is 16.4. The standard InChI is InChI=1S/C9H10O6/c1-2-5(8(12)13)3-6(10)4-7(11)9(14)15/h3H,2,4H2,1H3,(H,12,13)(H,14,15)/p-2/b5-3-. The first kappa shape index (κ1) is 13.0. The van der Waals surface area contributed by atoms with Crippen LogP contribution in [0.4, 0.5) is 0 Å². The van der Waals surface area contributed by atoms with Gasteiger partial charge >= 0.3 is 0 Å². The van der Waals surface area contributed by atoms with Gasteiger partial charge in [-0.2, -0.15) is 0 Å². The summed E-state index contributed by atoms with van der Waals surface area (Å²) in [5.41, 5.74) is -0.286. The lowest BCUT2D eigenvalue weighted by Crippen LogP contribution is -2.32. The zero-order valence-corrected chi connectivity index (χ0v) is 7.94. The number of Topliss-reactive ketones (excluding diaryl/α,β-unsaturated/α-hetero) is 1. The van der Waals surface area contributed by atoms with Crippen molar-refractivity contribution in [3.63, 3.8) is 0 Å². The Morgan fingerprint density at radius 3 is 1.93 bits per heavy atom. The summed E-state index contributed by atoms with van der Waals surface area (Å²) in [7, 11) is 0. The third-order valence-corrected chi connectivity index (χ3v) is 1.54. The van der Waals surface area contributed by atoms with Crippen molar-refractivity contribution in [2.24, 2.45) is 0 Å². The second-order valence-corrected chi connectivity index (χ2v) is 2.66. The maximum Gasteiger partial charge on any atom is 0.185 e. The molecule has 0 rings (SSSR count). The lowest BCUT2D eigenvalue weighted by molar-refractivity contribution is -0.300. The number of carbonyl (C=O) groups excluding carboxylic acids is 4. The molecule has 0 spiro atoms. The number of carboxylic acids is 2. The van der Waals surface area contributed by atoms with Gasteiger partial charge in [-0.15, -0.1) is 0 Å². The number of hydrogen-bond donors (Lipinski definition) is 0. The maximum atomic E-state index is 11.0. The van der Waals surface area contributed by atoms with E-state index < -0.39 is 29.9 Å². The molecular formula is C9H8O6-2. The van der Waals surface area contributed by atoms with Crippen molar-refractivity contribution >= 4 is 23.5 Å². The van der Waals surface area contributed by atoms with Gasteiger partial charge in [-0.05, 0) is 18.1 Å². The topological polar surface area (TPSA) is 114 Å². The third kappa shape index (κ3) is 4.70. The quantitative estimate of drug-likeness (QED) is 0.270. The number of carboxylic acid groups (broad SMARTS) is 2. The normalized spacial score (nSPS) is 10.9. The number of aliphatic carboxylic acids is 2. The van der Waals surface area contributed by atoms with Crippen LogP contribution in [-0.4, -0.2) is 23.5 Å². The van der Waals surface area contributed by atoms with Crippen LogP contribution in [-0.2, 0) is 19.2 Å². The van der Waals surface area contributed by atoms with Crippen molar-refractivity contribution < 1.29 is 29.4 Å². The minimum Gasteiger partial charge on any atom is -0.545 e. The lowest BCUT2D eigenvalue weighted by atomic mass is 10.1. The molecule has 15 heavy (non-hydrogen) atoms. The SMILES string of the molecule is CC/C(=C/C(=O)CC(=O)C(=O)[O-])C(=O)[O-]. The second kappa shape index (κ2) is 5.69. The number of hydrogen-bond acceptors (Lipinski definition) is 6. The van der Waals surface area contributed by atoms with Crippen LogP contribution in [0.15, 0.2) is 11.6 Å². The molecule has 0 aromatic heterocycles. The molecule has 0 atom stereocenters. The molecule has 0 amide bonds. The van der Waals surface area contributed by atoms with Crippen LogP contribution < -0.4 is 10.2 Å². The largest absolute Gasteiger partial charge is 0.545 e. The van der Waals surface area contributed by atoms with Gasteiger partial charge in [-0.1, -0.05) is 6.92 Å².